The monoisotopic (exact) mass is 261 g/mol. The van der Waals surface area contributed by atoms with Gasteiger partial charge in [-0.25, -0.2) is 0 Å². The molecule has 3 heteroatoms. The van der Waals surface area contributed by atoms with Crippen molar-refractivity contribution in [2.24, 2.45) is 4.99 Å². The highest BCUT2D eigenvalue weighted by atomic mass is 15.2. The Morgan fingerprint density at radius 3 is 2.42 bits per heavy atom. The van der Waals surface area contributed by atoms with E-state index in [0.717, 1.165) is 18.9 Å². The third-order valence-corrected chi connectivity index (χ3v) is 3.47. The third kappa shape index (κ3) is 4.93. The third-order valence-electron chi connectivity index (χ3n) is 3.47. The van der Waals surface area contributed by atoms with Crippen LogP contribution < -0.4 is 10.6 Å². The second kappa shape index (κ2) is 7.17. The minimum Gasteiger partial charge on any atom is -0.356 e. The summed E-state index contributed by atoms with van der Waals surface area (Å²) in [5, 5.41) is 6.79. The predicted octanol–water partition coefficient (Wildman–Crippen LogP) is 2.93. The van der Waals surface area contributed by atoms with Crippen LogP contribution in [0, 0.1) is 0 Å². The molecular weight excluding hydrogens is 234 g/mol. The van der Waals surface area contributed by atoms with Crippen molar-refractivity contribution in [3.63, 3.8) is 0 Å². The van der Waals surface area contributed by atoms with Crippen LogP contribution in [0.1, 0.15) is 39.7 Å². The van der Waals surface area contributed by atoms with Crippen molar-refractivity contribution < 1.29 is 0 Å². The van der Waals surface area contributed by atoms with Crippen molar-refractivity contribution in [2.75, 3.05) is 13.6 Å². The first-order valence-electron chi connectivity index (χ1n) is 7.02. The molecule has 3 nitrogen and oxygen atoms in total. The average Bonchev–Trinajstić information content (AvgIpc) is 2.44. The van der Waals surface area contributed by atoms with Gasteiger partial charge in [-0.05, 0) is 18.9 Å². The zero-order chi connectivity index (χ0) is 14.3. The molecule has 19 heavy (non-hydrogen) atoms. The second-order valence-corrected chi connectivity index (χ2v) is 5.63. The molecule has 2 N–H and O–H groups in total. The van der Waals surface area contributed by atoms with Crippen LogP contribution in [0.4, 0.5) is 0 Å². The lowest BCUT2D eigenvalue weighted by atomic mass is 9.85. The zero-order valence-electron chi connectivity index (χ0n) is 12.8. The van der Waals surface area contributed by atoms with Crippen molar-refractivity contribution in [2.45, 2.75) is 45.6 Å². The molecule has 0 amide bonds. The number of aliphatic imine (C=N–C) groups is 1. The van der Waals surface area contributed by atoms with Gasteiger partial charge in [0.05, 0.1) is 0 Å². The summed E-state index contributed by atoms with van der Waals surface area (Å²) in [6.45, 7) is 9.67. The van der Waals surface area contributed by atoms with E-state index in [4.69, 9.17) is 0 Å². The minimum absolute atomic E-state index is 0.0777. The van der Waals surface area contributed by atoms with Gasteiger partial charge in [0.15, 0.2) is 5.96 Å². The molecule has 106 valence electrons. The van der Waals surface area contributed by atoms with Gasteiger partial charge in [0.1, 0.15) is 0 Å². The standard InChI is InChI=1S/C16H27N3/c1-6-13(2)19-15(17-5)18-12-16(3,4)14-10-8-7-9-11-14/h7-11,13H,6,12H2,1-5H3,(H2,17,18,19). The fourth-order valence-corrected chi connectivity index (χ4v) is 1.83. The zero-order valence-corrected chi connectivity index (χ0v) is 12.8. The molecule has 0 spiro atoms. The summed E-state index contributed by atoms with van der Waals surface area (Å²) >= 11 is 0. The summed E-state index contributed by atoms with van der Waals surface area (Å²) in [5.41, 5.74) is 1.41. The molecule has 0 radical (unpaired) electrons. The summed E-state index contributed by atoms with van der Waals surface area (Å²) in [7, 11) is 1.81. The van der Waals surface area contributed by atoms with E-state index in [1.807, 2.05) is 7.05 Å². The summed E-state index contributed by atoms with van der Waals surface area (Å²) in [4.78, 5) is 4.27. The minimum atomic E-state index is 0.0777. The lowest BCUT2D eigenvalue weighted by Crippen LogP contribution is -2.46. The number of hydrogen-bond donors (Lipinski definition) is 2. The Morgan fingerprint density at radius 2 is 1.89 bits per heavy atom. The Bertz CT molecular complexity index is 396. The van der Waals surface area contributed by atoms with Crippen molar-refractivity contribution in [1.29, 1.82) is 0 Å². The van der Waals surface area contributed by atoms with Crippen LogP contribution >= 0.6 is 0 Å². The molecular formula is C16H27N3. The second-order valence-electron chi connectivity index (χ2n) is 5.63. The van der Waals surface area contributed by atoms with Crippen molar-refractivity contribution in [3.05, 3.63) is 35.9 Å². The number of hydrogen-bond acceptors (Lipinski definition) is 1. The van der Waals surface area contributed by atoms with Crippen LogP contribution in [0.15, 0.2) is 35.3 Å². The highest BCUT2D eigenvalue weighted by Crippen LogP contribution is 2.21. The number of benzene rings is 1. The van der Waals surface area contributed by atoms with E-state index in [-0.39, 0.29) is 5.41 Å². The van der Waals surface area contributed by atoms with Gasteiger partial charge < -0.3 is 10.6 Å². The van der Waals surface area contributed by atoms with Gasteiger partial charge in [-0.2, -0.15) is 0 Å². The normalized spacial score (nSPS) is 14.1. The Hall–Kier alpha value is -1.51. The Kier molecular flexibility index (Phi) is 5.87. The van der Waals surface area contributed by atoms with Gasteiger partial charge in [0, 0.05) is 25.0 Å². The molecule has 1 aromatic carbocycles. The molecule has 0 aromatic heterocycles. The van der Waals surface area contributed by atoms with Crippen molar-refractivity contribution in [1.82, 2.24) is 10.6 Å². The maximum absolute atomic E-state index is 4.27. The molecule has 1 unspecified atom stereocenters. The SMILES string of the molecule is CCC(C)NC(=NC)NCC(C)(C)c1ccccc1. The molecule has 0 aliphatic rings. The Balaban J connectivity index is 2.59. The van der Waals surface area contributed by atoms with Crippen LogP contribution in [0.25, 0.3) is 0 Å². The molecule has 0 saturated heterocycles. The number of nitrogens with one attached hydrogen (secondary N) is 2. The van der Waals surface area contributed by atoms with E-state index in [0.29, 0.717) is 6.04 Å². The van der Waals surface area contributed by atoms with Gasteiger partial charge in [0.25, 0.3) is 0 Å². The van der Waals surface area contributed by atoms with Gasteiger partial charge in [-0.3, -0.25) is 4.99 Å². The van der Waals surface area contributed by atoms with Crippen LogP contribution in [0.5, 0.6) is 0 Å². The number of nitrogens with zero attached hydrogens (tertiary/aromatic N) is 1. The summed E-state index contributed by atoms with van der Waals surface area (Å²) in [5.74, 6) is 0.873. The van der Waals surface area contributed by atoms with E-state index in [2.05, 4.69) is 73.7 Å². The van der Waals surface area contributed by atoms with E-state index in [9.17, 15) is 0 Å². The van der Waals surface area contributed by atoms with Crippen LogP contribution in [-0.4, -0.2) is 25.6 Å². The summed E-state index contributed by atoms with van der Waals surface area (Å²) < 4.78 is 0. The first kappa shape index (κ1) is 15.5. The summed E-state index contributed by atoms with van der Waals surface area (Å²) in [6.07, 6.45) is 1.09. The maximum Gasteiger partial charge on any atom is 0.191 e. The van der Waals surface area contributed by atoms with Gasteiger partial charge in [0.2, 0.25) is 0 Å². The van der Waals surface area contributed by atoms with Crippen LogP contribution in [0.3, 0.4) is 0 Å². The number of rotatable bonds is 5. The van der Waals surface area contributed by atoms with Gasteiger partial charge in [-0.15, -0.1) is 0 Å². The molecule has 0 heterocycles. The molecule has 0 aliphatic carbocycles. The predicted molar refractivity (Wildman–Crippen MR) is 83.7 cm³/mol. The highest BCUT2D eigenvalue weighted by molar-refractivity contribution is 5.80. The van der Waals surface area contributed by atoms with E-state index < -0.39 is 0 Å². The fraction of sp³-hybridized carbons (Fsp3) is 0.562. The van der Waals surface area contributed by atoms with Gasteiger partial charge in [-0.1, -0.05) is 51.1 Å². The van der Waals surface area contributed by atoms with Crippen molar-refractivity contribution >= 4 is 5.96 Å². The molecule has 0 fully saturated rings. The molecule has 0 saturated carbocycles. The first-order chi connectivity index (χ1) is 8.99. The number of guanidine groups is 1. The largest absolute Gasteiger partial charge is 0.356 e. The van der Waals surface area contributed by atoms with E-state index in [1.165, 1.54) is 5.56 Å². The average molecular weight is 261 g/mol. The van der Waals surface area contributed by atoms with Crippen molar-refractivity contribution in [3.8, 4) is 0 Å². The van der Waals surface area contributed by atoms with Crippen LogP contribution in [0.2, 0.25) is 0 Å². The lowest BCUT2D eigenvalue weighted by Gasteiger charge is -2.27. The van der Waals surface area contributed by atoms with E-state index >= 15 is 0 Å². The molecule has 1 aromatic rings. The smallest absolute Gasteiger partial charge is 0.191 e. The van der Waals surface area contributed by atoms with Gasteiger partial charge >= 0.3 is 0 Å². The molecule has 0 bridgehead atoms. The van der Waals surface area contributed by atoms with Crippen LogP contribution in [-0.2, 0) is 5.41 Å². The fourth-order valence-electron chi connectivity index (χ4n) is 1.83. The molecule has 1 rings (SSSR count). The quantitative estimate of drug-likeness (QED) is 0.631. The Morgan fingerprint density at radius 1 is 1.26 bits per heavy atom. The van der Waals surface area contributed by atoms with E-state index in [1.54, 1.807) is 0 Å². The summed E-state index contributed by atoms with van der Waals surface area (Å²) in [6, 6.07) is 11.0. The first-order valence-corrected chi connectivity index (χ1v) is 7.02. The maximum atomic E-state index is 4.27. The Labute approximate surface area is 117 Å². The topological polar surface area (TPSA) is 36.4 Å². The lowest BCUT2D eigenvalue weighted by molar-refractivity contribution is 0.504. The molecule has 1 atom stereocenters. The highest BCUT2D eigenvalue weighted by Gasteiger charge is 2.20. The molecule has 0 aliphatic heterocycles.